The molecule has 0 bridgehead atoms. The van der Waals surface area contributed by atoms with Gasteiger partial charge in [-0.3, -0.25) is 0 Å². The van der Waals surface area contributed by atoms with Crippen LogP contribution in [-0.4, -0.2) is 24.7 Å². The van der Waals surface area contributed by atoms with Gasteiger partial charge in [-0.15, -0.1) is 5.10 Å². The van der Waals surface area contributed by atoms with E-state index in [9.17, 15) is 0 Å². The van der Waals surface area contributed by atoms with E-state index in [0.717, 1.165) is 30.1 Å². The molecule has 0 saturated heterocycles. The zero-order valence-electron chi connectivity index (χ0n) is 10.4. The van der Waals surface area contributed by atoms with Gasteiger partial charge < -0.3 is 5.73 Å². The number of thiocarbonyl (C=S) groups is 1. The lowest BCUT2D eigenvalue weighted by Crippen LogP contribution is -2.11. The summed E-state index contributed by atoms with van der Waals surface area (Å²) in [6.07, 6.45) is 3.28. The molecule has 5 nitrogen and oxygen atoms in total. The van der Waals surface area contributed by atoms with Gasteiger partial charge in [0.25, 0.3) is 0 Å². The van der Waals surface area contributed by atoms with Crippen molar-refractivity contribution >= 4 is 17.2 Å². The van der Waals surface area contributed by atoms with Gasteiger partial charge in [-0.25, -0.2) is 9.97 Å². The standard InChI is InChI=1S/C12H15N5S/c1-3-9-15-10(4-2)17(16-9)11-7-8(12(13)18)5-6-14-11/h5-7H,3-4H2,1-2H3,(H2,13,18). The molecule has 0 atom stereocenters. The molecule has 2 N–H and O–H groups in total. The van der Waals surface area contributed by atoms with Crippen molar-refractivity contribution in [3.8, 4) is 5.82 Å². The predicted octanol–water partition coefficient (Wildman–Crippen LogP) is 1.42. The van der Waals surface area contributed by atoms with E-state index in [1.165, 1.54) is 0 Å². The van der Waals surface area contributed by atoms with E-state index in [2.05, 4.69) is 15.1 Å². The van der Waals surface area contributed by atoms with Crippen LogP contribution in [0.3, 0.4) is 0 Å². The van der Waals surface area contributed by atoms with Crippen molar-refractivity contribution in [3.63, 3.8) is 0 Å². The Kier molecular flexibility index (Phi) is 3.66. The molecule has 2 aromatic rings. The van der Waals surface area contributed by atoms with Crippen LogP contribution in [0.25, 0.3) is 5.82 Å². The highest BCUT2D eigenvalue weighted by Gasteiger charge is 2.10. The van der Waals surface area contributed by atoms with Crippen LogP contribution >= 0.6 is 12.2 Å². The molecule has 0 unspecified atom stereocenters. The van der Waals surface area contributed by atoms with Gasteiger partial charge in [0.15, 0.2) is 11.6 Å². The topological polar surface area (TPSA) is 69.6 Å². The Bertz CT molecular complexity index is 576. The van der Waals surface area contributed by atoms with E-state index in [1.807, 2.05) is 19.9 Å². The smallest absolute Gasteiger partial charge is 0.156 e. The fourth-order valence-electron chi connectivity index (χ4n) is 1.64. The van der Waals surface area contributed by atoms with Crippen molar-refractivity contribution in [2.45, 2.75) is 26.7 Å². The van der Waals surface area contributed by atoms with E-state index < -0.39 is 0 Å². The number of nitrogens with zero attached hydrogens (tertiary/aromatic N) is 4. The summed E-state index contributed by atoms with van der Waals surface area (Å²) in [5.74, 6) is 2.40. The maximum atomic E-state index is 5.62. The summed E-state index contributed by atoms with van der Waals surface area (Å²) in [5, 5.41) is 4.43. The Hall–Kier alpha value is -1.82. The number of hydrogen-bond acceptors (Lipinski definition) is 4. The Balaban J connectivity index is 2.50. The third-order valence-corrected chi connectivity index (χ3v) is 2.83. The first-order chi connectivity index (χ1) is 8.65. The molecular formula is C12H15N5S. The molecule has 0 spiro atoms. The third-order valence-electron chi connectivity index (χ3n) is 2.60. The highest BCUT2D eigenvalue weighted by Crippen LogP contribution is 2.10. The highest BCUT2D eigenvalue weighted by molar-refractivity contribution is 7.80. The molecule has 0 amide bonds. The van der Waals surface area contributed by atoms with E-state index >= 15 is 0 Å². The number of pyridine rings is 1. The zero-order chi connectivity index (χ0) is 13.1. The molecule has 0 aliphatic rings. The second kappa shape index (κ2) is 5.22. The summed E-state index contributed by atoms with van der Waals surface area (Å²) in [4.78, 5) is 9.09. The van der Waals surface area contributed by atoms with Crippen molar-refractivity contribution in [2.75, 3.05) is 0 Å². The van der Waals surface area contributed by atoms with Gasteiger partial charge in [0.1, 0.15) is 10.8 Å². The lowest BCUT2D eigenvalue weighted by atomic mass is 10.2. The Morgan fingerprint density at radius 3 is 2.78 bits per heavy atom. The van der Waals surface area contributed by atoms with Crippen molar-refractivity contribution < 1.29 is 0 Å². The van der Waals surface area contributed by atoms with Crippen LogP contribution in [0.5, 0.6) is 0 Å². The maximum absolute atomic E-state index is 5.62. The number of hydrogen-bond donors (Lipinski definition) is 1. The molecule has 0 aliphatic carbocycles. The Morgan fingerprint density at radius 1 is 1.39 bits per heavy atom. The van der Waals surface area contributed by atoms with Gasteiger partial charge in [0, 0.05) is 24.6 Å². The Morgan fingerprint density at radius 2 is 2.17 bits per heavy atom. The first-order valence-electron chi connectivity index (χ1n) is 5.86. The van der Waals surface area contributed by atoms with Gasteiger partial charge in [0.2, 0.25) is 0 Å². The average molecular weight is 261 g/mol. The second-order valence-electron chi connectivity index (χ2n) is 3.83. The van der Waals surface area contributed by atoms with Gasteiger partial charge in [-0.2, -0.15) is 4.68 Å². The molecule has 0 radical (unpaired) electrons. The zero-order valence-corrected chi connectivity index (χ0v) is 11.2. The first kappa shape index (κ1) is 12.6. The largest absolute Gasteiger partial charge is 0.389 e. The fraction of sp³-hybridized carbons (Fsp3) is 0.333. The summed E-state index contributed by atoms with van der Waals surface area (Å²) in [7, 11) is 0. The van der Waals surface area contributed by atoms with Crippen molar-refractivity contribution in [3.05, 3.63) is 35.5 Å². The SMILES string of the molecule is CCc1nc(CC)n(-c2cc(C(N)=S)ccn2)n1. The summed E-state index contributed by atoms with van der Waals surface area (Å²) >= 11 is 4.97. The molecule has 0 saturated carbocycles. The van der Waals surface area contributed by atoms with Crippen LogP contribution < -0.4 is 5.73 Å². The van der Waals surface area contributed by atoms with E-state index in [0.29, 0.717) is 10.8 Å². The summed E-state index contributed by atoms with van der Waals surface area (Å²) < 4.78 is 1.75. The molecule has 2 heterocycles. The van der Waals surface area contributed by atoms with Gasteiger partial charge >= 0.3 is 0 Å². The molecule has 0 fully saturated rings. The van der Waals surface area contributed by atoms with Crippen LogP contribution in [0, 0.1) is 0 Å². The normalized spacial score (nSPS) is 10.6. The minimum Gasteiger partial charge on any atom is -0.389 e. The third kappa shape index (κ3) is 2.38. The lowest BCUT2D eigenvalue weighted by molar-refractivity contribution is 0.769. The van der Waals surface area contributed by atoms with Crippen LogP contribution in [0.2, 0.25) is 0 Å². The monoisotopic (exact) mass is 261 g/mol. The molecule has 6 heteroatoms. The predicted molar refractivity (Wildman–Crippen MR) is 73.8 cm³/mol. The van der Waals surface area contributed by atoms with Crippen LogP contribution in [0.1, 0.15) is 31.1 Å². The van der Waals surface area contributed by atoms with Crippen LogP contribution in [0.15, 0.2) is 18.3 Å². The quantitative estimate of drug-likeness (QED) is 0.843. The minimum absolute atomic E-state index is 0.354. The number of aromatic nitrogens is 4. The molecule has 18 heavy (non-hydrogen) atoms. The van der Waals surface area contributed by atoms with Crippen LogP contribution in [-0.2, 0) is 12.8 Å². The van der Waals surface area contributed by atoms with Crippen molar-refractivity contribution in [1.82, 2.24) is 19.7 Å². The lowest BCUT2D eigenvalue weighted by Gasteiger charge is -2.05. The fourth-order valence-corrected chi connectivity index (χ4v) is 1.77. The molecule has 2 rings (SSSR count). The van der Waals surface area contributed by atoms with Crippen LogP contribution in [0.4, 0.5) is 0 Å². The van der Waals surface area contributed by atoms with Gasteiger partial charge in [-0.1, -0.05) is 26.1 Å². The molecule has 94 valence electrons. The van der Waals surface area contributed by atoms with E-state index in [-0.39, 0.29) is 0 Å². The summed E-state index contributed by atoms with van der Waals surface area (Å²) in [6, 6.07) is 3.62. The van der Waals surface area contributed by atoms with Gasteiger partial charge in [-0.05, 0) is 12.1 Å². The average Bonchev–Trinajstić information content (AvgIpc) is 2.82. The summed E-state index contributed by atoms with van der Waals surface area (Å²) in [5.41, 5.74) is 6.40. The highest BCUT2D eigenvalue weighted by atomic mass is 32.1. The van der Waals surface area contributed by atoms with E-state index in [1.54, 1.807) is 16.9 Å². The number of rotatable bonds is 4. The maximum Gasteiger partial charge on any atom is 0.156 e. The second-order valence-corrected chi connectivity index (χ2v) is 4.27. The van der Waals surface area contributed by atoms with Gasteiger partial charge in [0.05, 0.1) is 0 Å². The molecule has 0 aromatic carbocycles. The molecular weight excluding hydrogens is 246 g/mol. The summed E-state index contributed by atoms with van der Waals surface area (Å²) in [6.45, 7) is 4.06. The minimum atomic E-state index is 0.354. The van der Waals surface area contributed by atoms with Crippen molar-refractivity contribution in [1.29, 1.82) is 0 Å². The number of aryl methyl sites for hydroxylation is 2. The molecule has 2 aromatic heterocycles. The Labute approximate surface area is 111 Å². The number of nitrogens with two attached hydrogens (primary N) is 1. The molecule has 0 aliphatic heterocycles. The van der Waals surface area contributed by atoms with Crippen molar-refractivity contribution in [2.24, 2.45) is 5.73 Å². The first-order valence-corrected chi connectivity index (χ1v) is 6.27. The van der Waals surface area contributed by atoms with E-state index in [4.69, 9.17) is 18.0 Å².